The lowest BCUT2D eigenvalue weighted by molar-refractivity contribution is 0.161. The fourth-order valence-corrected chi connectivity index (χ4v) is 2.17. The third-order valence-corrected chi connectivity index (χ3v) is 3.44. The van der Waals surface area contributed by atoms with Gasteiger partial charge >= 0.3 is 0 Å². The standard InChI is InChI=1S/C18H23NO/c1-15-7-9-17(10-8-15)13-19-14-18(20)12-11-16-5-3-2-4-6-16/h2-10,18-20H,11-14H2,1H3/t18-/m1/s1. The Bertz CT molecular complexity index is 493. The van der Waals surface area contributed by atoms with Gasteiger partial charge in [0.05, 0.1) is 6.10 Å². The molecule has 0 spiro atoms. The fraction of sp³-hybridized carbons (Fsp3) is 0.333. The Hall–Kier alpha value is -1.64. The first kappa shape index (κ1) is 14.8. The van der Waals surface area contributed by atoms with Crippen LogP contribution >= 0.6 is 0 Å². The van der Waals surface area contributed by atoms with Crippen LogP contribution in [0.5, 0.6) is 0 Å². The SMILES string of the molecule is Cc1ccc(CNC[C@H](O)CCc2ccccc2)cc1. The summed E-state index contributed by atoms with van der Waals surface area (Å²) in [6.45, 7) is 3.54. The lowest BCUT2D eigenvalue weighted by Gasteiger charge is -2.12. The highest BCUT2D eigenvalue weighted by atomic mass is 16.3. The van der Waals surface area contributed by atoms with Gasteiger partial charge in [-0.25, -0.2) is 0 Å². The topological polar surface area (TPSA) is 32.3 Å². The fourth-order valence-electron chi connectivity index (χ4n) is 2.17. The maximum atomic E-state index is 9.97. The van der Waals surface area contributed by atoms with Gasteiger partial charge in [0.2, 0.25) is 0 Å². The highest BCUT2D eigenvalue weighted by Crippen LogP contribution is 2.05. The van der Waals surface area contributed by atoms with Crippen molar-refractivity contribution in [3.63, 3.8) is 0 Å². The van der Waals surface area contributed by atoms with Crippen molar-refractivity contribution in [2.24, 2.45) is 0 Å². The maximum absolute atomic E-state index is 9.97. The van der Waals surface area contributed by atoms with Crippen molar-refractivity contribution in [2.75, 3.05) is 6.54 Å². The van der Waals surface area contributed by atoms with Gasteiger partial charge in [-0.05, 0) is 30.9 Å². The summed E-state index contributed by atoms with van der Waals surface area (Å²) in [5.74, 6) is 0. The molecule has 0 fully saturated rings. The van der Waals surface area contributed by atoms with Crippen LogP contribution in [0.15, 0.2) is 54.6 Å². The first-order valence-corrected chi connectivity index (χ1v) is 7.22. The van der Waals surface area contributed by atoms with Gasteiger partial charge in [-0.1, -0.05) is 60.2 Å². The molecule has 0 heterocycles. The van der Waals surface area contributed by atoms with Gasteiger partial charge in [-0.15, -0.1) is 0 Å². The van der Waals surface area contributed by atoms with Gasteiger partial charge in [0, 0.05) is 13.1 Å². The van der Waals surface area contributed by atoms with E-state index >= 15 is 0 Å². The lowest BCUT2D eigenvalue weighted by Crippen LogP contribution is -2.26. The first-order valence-electron chi connectivity index (χ1n) is 7.22. The summed E-state index contributed by atoms with van der Waals surface area (Å²) in [4.78, 5) is 0. The second-order valence-corrected chi connectivity index (χ2v) is 5.29. The molecule has 1 atom stereocenters. The summed E-state index contributed by atoms with van der Waals surface area (Å²) in [5, 5.41) is 13.3. The highest BCUT2D eigenvalue weighted by molar-refractivity contribution is 5.21. The molecule has 0 amide bonds. The quantitative estimate of drug-likeness (QED) is 0.809. The third kappa shape index (κ3) is 5.16. The molecule has 0 radical (unpaired) electrons. The Morgan fingerprint density at radius 1 is 0.950 bits per heavy atom. The van der Waals surface area contributed by atoms with Crippen molar-refractivity contribution in [3.8, 4) is 0 Å². The maximum Gasteiger partial charge on any atom is 0.0667 e. The minimum absolute atomic E-state index is 0.291. The molecule has 20 heavy (non-hydrogen) atoms. The smallest absolute Gasteiger partial charge is 0.0667 e. The molecule has 2 rings (SSSR count). The summed E-state index contributed by atoms with van der Waals surface area (Å²) in [6.07, 6.45) is 1.43. The number of aliphatic hydroxyl groups excluding tert-OH is 1. The van der Waals surface area contributed by atoms with Crippen molar-refractivity contribution in [1.29, 1.82) is 0 Å². The number of aryl methyl sites for hydroxylation is 2. The van der Waals surface area contributed by atoms with Gasteiger partial charge < -0.3 is 10.4 Å². The van der Waals surface area contributed by atoms with Crippen LogP contribution < -0.4 is 5.32 Å². The molecule has 0 unspecified atom stereocenters. The summed E-state index contributed by atoms with van der Waals surface area (Å²) in [5.41, 5.74) is 3.81. The average Bonchev–Trinajstić information content (AvgIpc) is 2.48. The largest absolute Gasteiger partial charge is 0.392 e. The number of hydrogen-bond donors (Lipinski definition) is 2. The zero-order valence-electron chi connectivity index (χ0n) is 12.0. The Balaban J connectivity index is 1.65. The molecule has 0 aliphatic carbocycles. The molecule has 106 valence electrons. The Morgan fingerprint density at radius 3 is 2.35 bits per heavy atom. The van der Waals surface area contributed by atoms with Crippen molar-refractivity contribution >= 4 is 0 Å². The van der Waals surface area contributed by atoms with Crippen molar-refractivity contribution in [2.45, 2.75) is 32.4 Å². The zero-order valence-corrected chi connectivity index (χ0v) is 12.0. The number of nitrogens with one attached hydrogen (secondary N) is 1. The van der Waals surface area contributed by atoms with E-state index in [1.807, 2.05) is 18.2 Å². The van der Waals surface area contributed by atoms with E-state index in [2.05, 4.69) is 48.6 Å². The molecular formula is C18H23NO. The number of benzene rings is 2. The first-order chi connectivity index (χ1) is 9.74. The predicted octanol–water partition coefficient (Wildman–Crippen LogP) is 3.08. The summed E-state index contributed by atoms with van der Waals surface area (Å²) < 4.78 is 0. The van der Waals surface area contributed by atoms with Crippen molar-refractivity contribution in [1.82, 2.24) is 5.32 Å². The monoisotopic (exact) mass is 269 g/mol. The Kier molecular flexibility index (Phi) is 5.78. The molecule has 2 N–H and O–H groups in total. The predicted molar refractivity (Wildman–Crippen MR) is 83.7 cm³/mol. The summed E-state index contributed by atoms with van der Waals surface area (Å²) >= 11 is 0. The molecule has 0 saturated carbocycles. The molecular weight excluding hydrogens is 246 g/mol. The summed E-state index contributed by atoms with van der Waals surface area (Å²) in [6, 6.07) is 18.8. The zero-order chi connectivity index (χ0) is 14.2. The van der Waals surface area contributed by atoms with Crippen LogP contribution in [0, 0.1) is 6.92 Å². The van der Waals surface area contributed by atoms with E-state index in [4.69, 9.17) is 0 Å². The van der Waals surface area contributed by atoms with Crippen LogP contribution in [-0.4, -0.2) is 17.8 Å². The van der Waals surface area contributed by atoms with Crippen LogP contribution in [0.3, 0.4) is 0 Å². The Morgan fingerprint density at radius 2 is 1.65 bits per heavy atom. The van der Waals surface area contributed by atoms with Gasteiger partial charge in [0.1, 0.15) is 0 Å². The Labute approximate surface area is 121 Å². The van der Waals surface area contributed by atoms with Crippen LogP contribution in [0.25, 0.3) is 0 Å². The second kappa shape index (κ2) is 7.83. The van der Waals surface area contributed by atoms with E-state index in [-0.39, 0.29) is 6.10 Å². The van der Waals surface area contributed by atoms with E-state index < -0.39 is 0 Å². The molecule has 2 aromatic carbocycles. The minimum atomic E-state index is -0.291. The van der Waals surface area contributed by atoms with Gasteiger partial charge in [0.15, 0.2) is 0 Å². The number of aliphatic hydroxyl groups is 1. The minimum Gasteiger partial charge on any atom is -0.392 e. The molecule has 2 aromatic rings. The molecule has 0 bridgehead atoms. The van der Waals surface area contributed by atoms with Gasteiger partial charge in [-0.3, -0.25) is 0 Å². The van der Waals surface area contributed by atoms with Gasteiger partial charge in [-0.2, -0.15) is 0 Å². The summed E-state index contributed by atoms with van der Waals surface area (Å²) in [7, 11) is 0. The van der Waals surface area contributed by atoms with Crippen LogP contribution in [0.2, 0.25) is 0 Å². The molecule has 0 aliphatic rings. The van der Waals surface area contributed by atoms with E-state index in [9.17, 15) is 5.11 Å². The number of rotatable bonds is 7. The van der Waals surface area contributed by atoms with E-state index in [1.165, 1.54) is 16.7 Å². The number of hydrogen-bond acceptors (Lipinski definition) is 2. The molecule has 2 nitrogen and oxygen atoms in total. The second-order valence-electron chi connectivity index (χ2n) is 5.29. The normalized spacial score (nSPS) is 12.3. The molecule has 2 heteroatoms. The van der Waals surface area contributed by atoms with E-state index in [0.717, 1.165) is 19.4 Å². The average molecular weight is 269 g/mol. The molecule has 0 aliphatic heterocycles. The van der Waals surface area contributed by atoms with Gasteiger partial charge in [0.25, 0.3) is 0 Å². The van der Waals surface area contributed by atoms with Crippen molar-refractivity contribution < 1.29 is 5.11 Å². The van der Waals surface area contributed by atoms with Crippen molar-refractivity contribution in [3.05, 3.63) is 71.3 Å². The van der Waals surface area contributed by atoms with Crippen LogP contribution in [-0.2, 0) is 13.0 Å². The van der Waals surface area contributed by atoms with Crippen LogP contribution in [0.1, 0.15) is 23.1 Å². The lowest BCUT2D eigenvalue weighted by atomic mass is 10.1. The molecule has 0 aromatic heterocycles. The van der Waals surface area contributed by atoms with E-state index in [1.54, 1.807) is 0 Å². The van der Waals surface area contributed by atoms with Crippen LogP contribution in [0.4, 0.5) is 0 Å². The van der Waals surface area contributed by atoms with E-state index in [0.29, 0.717) is 6.54 Å². The molecule has 0 saturated heterocycles. The third-order valence-electron chi connectivity index (χ3n) is 3.44. The highest BCUT2D eigenvalue weighted by Gasteiger charge is 2.04.